The van der Waals surface area contributed by atoms with Gasteiger partial charge < -0.3 is 15.1 Å². The summed E-state index contributed by atoms with van der Waals surface area (Å²) < 4.78 is 5.53. The van der Waals surface area contributed by atoms with Crippen molar-refractivity contribution in [2.45, 2.75) is 25.3 Å². The van der Waals surface area contributed by atoms with Crippen molar-refractivity contribution in [3.63, 3.8) is 0 Å². The molecule has 0 atom stereocenters. The number of aryl methyl sites for hydroxylation is 2. The predicted molar refractivity (Wildman–Crippen MR) is 107 cm³/mol. The summed E-state index contributed by atoms with van der Waals surface area (Å²) >= 11 is 1.82. The van der Waals surface area contributed by atoms with Crippen molar-refractivity contribution in [1.29, 1.82) is 0 Å². The Kier molecular flexibility index (Phi) is 9.08. The van der Waals surface area contributed by atoms with Crippen LogP contribution < -0.4 is 10.6 Å². The Balaban J connectivity index is 0.00000264. The number of oxazole rings is 1. The molecule has 0 radical (unpaired) electrons. The SMILES string of the molecule is CN=C(NCCSc1ccccc1)NCc1nc(C)c(C)o1.I. The first-order valence-corrected chi connectivity index (χ1v) is 8.23. The molecular formula is C16H23IN4OS. The molecule has 1 aromatic heterocycles. The molecule has 0 fully saturated rings. The first-order chi connectivity index (χ1) is 10.7. The van der Waals surface area contributed by atoms with E-state index in [0.29, 0.717) is 12.4 Å². The van der Waals surface area contributed by atoms with Crippen LogP contribution in [-0.4, -0.2) is 30.3 Å². The van der Waals surface area contributed by atoms with Gasteiger partial charge in [-0.25, -0.2) is 4.98 Å². The lowest BCUT2D eigenvalue weighted by atomic mass is 10.4. The molecule has 7 heteroatoms. The minimum atomic E-state index is 0. The molecule has 23 heavy (non-hydrogen) atoms. The number of halogens is 1. The van der Waals surface area contributed by atoms with Gasteiger partial charge in [0.1, 0.15) is 5.76 Å². The van der Waals surface area contributed by atoms with Crippen LogP contribution in [-0.2, 0) is 6.54 Å². The van der Waals surface area contributed by atoms with Crippen LogP contribution in [0.5, 0.6) is 0 Å². The molecule has 0 aliphatic rings. The molecule has 0 amide bonds. The molecule has 0 aliphatic carbocycles. The van der Waals surface area contributed by atoms with E-state index in [1.165, 1.54) is 4.90 Å². The first kappa shape index (κ1) is 19.8. The van der Waals surface area contributed by atoms with E-state index in [2.05, 4.69) is 44.9 Å². The average Bonchev–Trinajstić information content (AvgIpc) is 2.86. The Labute approximate surface area is 158 Å². The Morgan fingerprint density at radius 1 is 1.22 bits per heavy atom. The minimum absolute atomic E-state index is 0. The zero-order valence-electron chi connectivity index (χ0n) is 13.6. The van der Waals surface area contributed by atoms with Crippen molar-refractivity contribution in [1.82, 2.24) is 15.6 Å². The Morgan fingerprint density at radius 2 is 1.96 bits per heavy atom. The fourth-order valence-electron chi connectivity index (χ4n) is 1.85. The summed E-state index contributed by atoms with van der Waals surface area (Å²) in [5.41, 5.74) is 0.930. The average molecular weight is 446 g/mol. The predicted octanol–water partition coefficient (Wildman–Crippen LogP) is 3.37. The molecule has 1 heterocycles. The summed E-state index contributed by atoms with van der Waals surface area (Å²) in [6.45, 7) is 5.22. The number of aromatic nitrogens is 1. The highest BCUT2D eigenvalue weighted by atomic mass is 127. The molecule has 0 saturated carbocycles. The number of guanidine groups is 1. The van der Waals surface area contributed by atoms with E-state index < -0.39 is 0 Å². The summed E-state index contributed by atoms with van der Waals surface area (Å²) in [6, 6.07) is 10.4. The summed E-state index contributed by atoms with van der Waals surface area (Å²) in [5, 5.41) is 6.48. The topological polar surface area (TPSA) is 62.5 Å². The van der Waals surface area contributed by atoms with Crippen LogP contribution in [0.2, 0.25) is 0 Å². The second-order valence-electron chi connectivity index (χ2n) is 4.76. The highest BCUT2D eigenvalue weighted by Crippen LogP contribution is 2.15. The fourth-order valence-corrected chi connectivity index (χ4v) is 2.64. The van der Waals surface area contributed by atoms with E-state index in [1.54, 1.807) is 7.05 Å². The van der Waals surface area contributed by atoms with Crippen molar-refractivity contribution in [2.24, 2.45) is 4.99 Å². The maximum absolute atomic E-state index is 5.53. The van der Waals surface area contributed by atoms with E-state index in [0.717, 1.165) is 29.7 Å². The van der Waals surface area contributed by atoms with E-state index in [-0.39, 0.29) is 24.0 Å². The van der Waals surface area contributed by atoms with E-state index in [9.17, 15) is 0 Å². The van der Waals surface area contributed by atoms with E-state index >= 15 is 0 Å². The molecule has 0 unspecified atom stereocenters. The molecule has 0 aliphatic heterocycles. The largest absolute Gasteiger partial charge is 0.444 e. The van der Waals surface area contributed by atoms with Crippen LogP contribution in [0, 0.1) is 13.8 Å². The molecular weight excluding hydrogens is 423 g/mol. The quantitative estimate of drug-likeness (QED) is 0.234. The second-order valence-corrected chi connectivity index (χ2v) is 5.93. The third-order valence-electron chi connectivity index (χ3n) is 3.11. The molecule has 2 aromatic rings. The highest BCUT2D eigenvalue weighted by molar-refractivity contribution is 14.0. The van der Waals surface area contributed by atoms with Gasteiger partial charge in [0.25, 0.3) is 0 Å². The van der Waals surface area contributed by atoms with Gasteiger partial charge in [0, 0.05) is 24.2 Å². The summed E-state index contributed by atoms with van der Waals surface area (Å²) in [5.74, 6) is 3.26. The number of nitrogens with one attached hydrogen (secondary N) is 2. The summed E-state index contributed by atoms with van der Waals surface area (Å²) in [4.78, 5) is 9.81. The van der Waals surface area contributed by atoms with Gasteiger partial charge in [0.2, 0.25) is 5.89 Å². The maximum Gasteiger partial charge on any atom is 0.214 e. The van der Waals surface area contributed by atoms with Gasteiger partial charge >= 0.3 is 0 Å². The Morgan fingerprint density at radius 3 is 2.57 bits per heavy atom. The van der Waals surface area contributed by atoms with Crippen molar-refractivity contribution in [3.05, 3.63) is 47.7 Å². The number of benzene rings is 1. The third kappa shape index (κ3) is 6.82. The monoisotopic (exact) mass is 446 g/mol. The normalized spacial score (nSPS) is 11.0. The van der Waals surface area contributed by atoms with E-state index in [1.807, 2.05) is 31.7 Å². The maximum atomic E-state index is 5.53. The smallest absolute Gasteiger partial charge is 0.214 e. The van der Waals surface area contributed by atoms with Crippen LogP contribution in [0.25, 0.3) is 0 Å². The molecule has 2 N–H and O–H groups in total. The van der Waals surface area contributed by atoms with Crippen molar-refractivity contribution < 1.29 is 4.42 Å². The highest BCUT2D eigenvalue weighted by Gasteiger charge is 2.06. The number of hydrogen-bond donors (Lipinski definition) is 2. The van der Waals surface area contributed by atoms with Crippen LogP contribution in [0.1, 0.15) is 17.3 Å². The molecule has 0 saturated heterocycles. The Bertz CT molecular complexity index is 596. The van der Waals surface area contributed by atoms with Crippen LogP contribution in [0.4, 0.5) is 0 Å². The zero-order valence-corrected chi connectivity index (χ0v) is 16.8. The molecule has 1 aromatic carbocycles. The zero-order chi connectivity index (χ0) is 15.8. The van der Waals surface area contributed by atoms with Gasteiger partial charge in [0.15, 0.2) is 5.96 Å². The van der Waals surface area contributed by atoms with Crippen molar-refractivity contribution >= 4 is 41.7 Å². The standard InChI is InChI=1S/C16H22N4OS.HI/c1-12-13(2)21-15(20-12)11-19-16(17-3)18-9-10-22-14-7-5-4-6-8-14;/h4-8H,9-11H2,1-3H3,(H2,17,18,19);1H. The number of rotatable bonds is 6. The van der Waals surface area contributed by atoms with Crippen LogP contribution >= 0.6 is 35.7 Å². The number of hydrogen-bond acceptors (Lipinski definition) is 4. The first-order valence-electron chi connectivity index (χ1n) is 7.24. The van der Waals surface area contributed by atoms with E-state index in [4.69, 9.17) is 4.42 Å². The second kappa shape index (κ2) is 10.5. The number of thioether (sulfide) groups is 1. The lowest BCUT2D eigenvalue weighted by molar-refractivity contribution is 0.464. The molecule has 0 spiro atoms. The lowest BCUT2D eigenvalue weighted by Gasteiger charge is -2.10. The molecule has 0 bridgehead atoms. The van der Waals surface area contributed by atoms with Crippen molar-refractivity contribution in [3.8, 4) is 0 Å². The van der Waals surface area contributed by atoms with Crippen molar-refractivity contribution in [2.75, 3.05) is 19.3 Å². The number of nitrogens with zero attached hydrogens (tertiary/aromatic N) is 2. The summed E-state index contributed by atoms with van der Waals surface area (Å²) in [7, 11) is 1.76. The van der Waals surface area contributed by atoms with Gasteiger partial charge in [0.05, 0.1) is 12.2 Å². The van der Waals surface area contributed by atoms with Gasteiger partial charge in [-0.1, -0.05) is 18.2 Å². The molecule has 126 valence electrons. The van der Waals surface area contributed by atoms with Crippen LogP contribution in [0.15, 0.2) is 44.6 Å². The number of aliphatic imine (C=N–C) groups is 1. The third-order valence-corrected chi connectivity index (χ3v) is 4.12. The van der Waals surface area contributed by atoms with Gasteiger partial charge in [-0.05, 0) is 26.0 Å². The lowest BCUT2D eigenvalue weighted by Crippen LogP contribution is -2.38. The molecule has 5 nitrogen and oxygen atoms in total. The van der Waals surface area contributed by atoms with Gasteiger partial charge in [-0.15, -0.1) is 35.7 Å². The summed E-state index contributed by atoms with van der Waals surface area (Å²) in [6.07, 6.45) is 0. The Hall–Kier alpha value is -1.22. The van der Waals surface area contributed by atoms with Gasteiger partial charge in [-0.3, -0.25) is 4.99 Å². The fraction of sp³-hybridized carbons (Fsp3) is 0.375. The minimum Gasteiger partial charge on any atom is -0.444 e. The van der Waals surface area contributed by atoms with Gasteiger partial charge in [-0.2, -0.15) is 0 Å². The molecule has 2 rings (SSSR count). The van der Waals surface area contributed by atoms with Crippen LogP contribution in [0.3, 0.4) is 0 Å².